The van der Waals surface area contributed by atoms with Crippen molar-refractivity contribution in [2.75, 3.05) is 13.1 Å². The van der Waals surface area contributed by atoms with E-state index in [-0.39, 0.29) is 24.1 Å². The average Bonchev–Trinajstić information content (AvgIpc) is 2.94. The van der Waals surface area contributed by atoms with E-state index in [1.807, 2.05) is 0 Å². The molecule has 2 rings (SSSR count). The summed E-state index contributed by atoms with van der Waals surface area (Å²) in [6.45, 7) is 1.54. The Kier molecular flexibility index (Phi) is 5.31. The lowest BCUT2D eigenvalue weighted by Gasteiger charge is -2.10. The van der Waals surface area contributed by atoms with Crippen LogP contribution in [0.25, 0.3) is 0 Å². The predicted octanol–water partition coefficient (Wildman–Crippen LogP) is 0.837. The number of carbonyl (C=O) groups is 1. The van der Waals surface area contributed by atoms with Crippen LogP contribution in [0.2, 0.25) is 0 Å². The molecule has 1 aromatic rings. The lowest BCUT2D eigenvalue weighted by Crippen LogP contribution is -2.37. The number of carbonyl (C=O) groups excluding carboxylic acids is 1. The maximum atomic E-state index is 11.9. The minimum Gasteiger partial charge on any atom is -0.358 e. The van der Waals surface area contributed by atoms with Crippen molar-refractivity contribution in [2.45, 2.75) is 18.9 Å². The van der Waals surface area contributed by atoms with Crippen LogP contribution in [0.15, 0.2) is 12.1 Å². The number of amides is 1. The first-order valence-electron chi connectivity index (χ1n) is 5.91. The smallest absolute Gasteiger partial charge is 0.323 e. The fourth-order valence-electron chi connectivity index (χ4n) is 2.15. The topological polar surface area (TPSA) is 89.2 Å². The first-order valence-corrected chi connectivity index (χ1v) is 5.91. The van der Waals surface area contributed by atoms with Crippen LogP contribution >= 0.6 is 12.4 Å². The molecule has 0 bridgehead atoms. The summed E-state index contributed by atoms with van der Waals surface area (Å²) in [5.74, 6) is -0.363. The SMILES string of the molecule is Cl.Cn1c(C(=O)NCC2CCCN2)ccc1[N+](=O)[O-]. The number of aromatic nitrogens is 1. The van der Waals surface area contributed by atoms with Crippen LogP contribution in [0.3, 0.4) is 0 Å². The number of halogens is 1. The van der Waals surface area contributed by atoms with E-state index >= 15 is 0 Å². The van der Waals surface area contributed by atoms with E-state index in [0.717, 1.165) is 19.4 Å². The highest BCUT2D eigenvalue weighted by atomic mass is 35.5. The lowest BCUT2D eigenvalue weighted by molar-refractivity contribution is -0.391. The summed E-state index contributed by atoms with van der Waals surface area (Å²) < 4.78 is 1.29. The summed E-state index contributed by atoms with van der Waals surface area (Å²) in [4.78, 5) is 22.0. The van der Waals surface area contributed by atoms with Crippen LogP contribution in [0.4, 0.5) is 5.82 Å². The molecule has 7 nitrogen and oxygen atoms in total. The molecule has 0 aliphatic carbocycles. The molecule has 2 heterocycles. The van der Waals surface area contributed by atoms with Crippen LogP contribution in [0.1, 0.15) is 23.3 Å². The summed E-state index contributed by atoms with van der Waals surface area (Å²) in [5.41, 5.74) is 0.305. The molecular weight excluding hydrogens is 272 g/mol. The van der Waals surface area contributed by atoms with E-state index in [2.05, 4.69) is 10.6 Å². The highest BCUT2D eigenvalue weighted by Crippen LogP contribution is 2.14. The third kappa shape index (κ3) is 3.45. The van der Waals surface area contributed by atoms with Crippen molar-refractivity contribution in [3.05, 3.63) is 27.9 Å². The van der Waals surface area contributed by atoms with E-state index in [1.54, 1.807) is 0 Å². The Balaban J connectivity index is 0.00000180. The van der Waals surface area contributed by atoms with Gasteiger partial charge in [-0.05, 0) is 30.4 Å². The van der Waals surface area contributed by atoms with Crippen LogP contribution in [-0.4, -0.2) is 34.5 Å². The van der Waals surface area contributed by atoms with Crippen LogP contribution in [0, 0.1) is 10.1 Å². The largest absolute Gasteiger partial charge is 0.358 e. The zero-order chi connectivity index (χ0) is 13.1. The van der Waals surface area contributed by atoms with Gasteiger partial charge in [0, 0.05) is 18.7 Å². The molecule has 1 aliphatic rings. The number of nitro groups is 1. The first kappa shape index (κ1) is 15.5. The van der Waals surface area contributed by atoms with Crippen molar-refractivity contribution in [2.24, 2.45) is 7.05 Å². The Labute approximate surface area is 116 Å². The third-order valence-electron chi connectivity index (χ3n) is 3.19. The second kappa shape index (κ2) is 6.53. The molecule has 0 spiro atoms. The molecule has 1 saturated heterocycles. The molecule has 1 unspecified atom stereocenters. The summed E-state index contributed by atoms with van der Waals surface area (Å²) >= 11 is 0. The Morgan fingerprint density at radius 1 is 1.63 bits per heavy atom. The second-order valence-electron chi connectivity index (χ2n) is 4.40. The summed E-state index contributed by atoms with van der Waals surface area (Å²) in [6.07, 6.45) is 2.17. The normalized spacial score (nSPS) is 17.8. The Hall–Kier alpha value is -1.60. The van der Waals surface area contributed by atoms with Gasteiger partial charge in [0.25, 0.3) is 5.91 Å². The van der Waals surface area contributed by atoms with E-state index in [9.17, 15) is 14.9 Å². The maximum Gasteiger partial charge on any atom is 0.323 e. The predicted molar refractivity (Wildman–Crippen MR) is 72.7 cm³/mol. The summed E-state index contributed by atoms with van der Waals surface area (Å²) in [5, 5.41) is 16.7. The fourth-order valence-corrected chi connectivity index (χ4v) is 2.15. The van der Waals surface area contributed by atoms with Gasteiger partial charge in [0.05, 0.1) is 7.05 Å². The van der Waals surface area contributed by atoms with Gasteiger partial charge >= 0.3 is 5.82 Å². The Bertz CT molecular complexity index is 469. The molecule has 2 N–H and O–H groups in total. The van der Waals surface area contributed by atoms with E-state index < -0.39 is 4.92 Å². The molecule has 19 heavy (non-hydrogen) atoms. The monoisotopic (exact) mass is 288 g/mol. The Morgan fingerprint density at radius 2 is 2.37 bits per heavy atom. The van der Waals surface area contributed by atoms with E-state index in [4.69, 9.17) is 0 Å². The Morgan fingerprint density at radius 3 is 2.89 bits per heavy atom. The minimum absolute atomic E-state index is 0. The maximum absolute atomic E-state index is 11.9. The van der Waals surface area contributed by atoms with Gasteiger partial charge in [0.1, 0.15) is 0 Å². The first-order chi connectivity index (χ1) is 8.59. The zero-order valence-electron chi connectivity index (χ0n) is 10.6. The molecule has 0 radical (unpaired) electrons. The molecule has 106 valence electrons. The fraction of sp³-hybridized carbons (Fsp3) is 0.545. The van der Waals surface area contributed by atoms with Gasteiger partial charge in [0.2, 0.25) is 0 Å². The van der Waals surface area contributed by atoms with Gasteiger partial charge in [-0.25, -0.2) is 4.57 Å². The van der Waals surface area contributed by atoms with Crippen molar-refractivity contribution in [1.29, 1.82) is 0 Å². The molecule has 0 saturated carbocycles. The van der Waals surface area contributed by atoms with Crippen LogP contribution < -0.4 is 10.6 Å². The van der Waals surface area contributed by atoms with Crippen LogP contribution in [-0.2, 0) is 7.05 Å². The standard InChI is InChI=1S/C11H16N4O3.ClH/c1-14-9(4-5-10(14)15(17)18)11(16)13-7-8-3-2-6-12-8;/h4-5,8,12H,2-3,6-7H2,1H3,(H,13,16);1H. The van der Waals surface area contributed by atoms with Gasteiger partial charge in [-0.1, -0.05) is 0 Å². The molecule has 8 heteroatoms. The van der Waals surface area contributed by atoms with Gasteiger partial charge in [-0.2, -0.15) is 0 Å². The van der Waals surface area contributed by atoms with Crippen molar-refractivity contribution in [3.8, 4) is 0 Å². The van der Waals surface area contributed by atoms with Gasteiger partial charge in [-0.15, -0.1) is 12.4 Å². The quantitative estimate of drug-likeness (QED) is 0.634. The van der Waals surface area contributed by atoms with Crippen molar-refractivity contribution in [1.82, 2.24) is 15.2 Å². The van der Waals surface area contributed by atoms with Crippen LogP contribution in [0.5, 0.6) is 0 Å². The average molecular weight is 289 g/mol. The third-order valence-corrected chi connectivity index (χ3v) is 3.19. The van der Waals surface area contributed by atoms with Crippen molar-refractivity contribution < 1.29 is 9.72 Å². The zero-order valence-corrected chi connectivity index (χ0v) is 11.4. The van der Waals surface area contributed by atoms with E-state index in [1.165, 1.54) is 23.7 Å². The summed E-state index contributed by atoms with van der Waals surface area (Å²) in [6, 6.07) is 3.11. The lowest BCUT2D eigenvalue weighted by atomic mass is 10.2. The van der Waals surface area contributed by atoms with Crippen molar-refractivity contribution in [3.63, 3.8) is 0 Å². The molecule has 1 atom stereocenters. The molecule has 1 fully saturated rings. The van der Waals surface area contributed by atoms with E-state index in [0.29, 0.717) is 18.3 Å². The number of nitrogens with zero attached hydrogens (tertiary/aromatic N) is 2. The second-order valence-corrected chi connectivity index (χ2v) is 4.40. The molecule has 1 amide bonds. The molecular formula is C11H17ClN4O3. The van der Waals surface area contributed by atoms with Crippen molar-refractivity contribution >= 4 is 24.1 Å². The molecule has 1 aliphatic heterocycles. The summed E-state index contributed by atoms with van der Waals surface area (Å²) in [7, 11) is 1.51. The highest BCUT2D eigenvalue weighted by Gasteiger charge is 2.21. The highest BCUT2D eigenvalue weighted by molar-refractivity contribution is 5.93. The van der Waals surface area contributed by atoms with Gasteiger partial charge in [0.15, 0.2) is 5.69 Å². The molecule has 0 aromatic carbocycles. The number of nitrogens with one attached hydrogen (secondary N) is 2. The minimum atomic E-state index is -0.505. The van der Waals surface area contributed by atoms with Gasteiger partial charge in [-0.3, -0.25) is 4.79 Å². The number of hydrogen-bond acceptors (Lipinski definition) is 4. The van der Waals surface area contributed by atoms with Gasteiger partial charge < -0.3 is 20.7 Å². The number of rotatable bonds is 4. The molecule has 1 aromatic heterocycles. The number of hydrogen-bond donors (Lipinski definition) is 2.